The molecule has 0 spiro atoms. The second-order valence-corrected chi connectivity index (χ2v) is 5.69. The maximum absolute atomic E-state index is 13.4. The minimum absolute atomic E-state index is 0.0461. The molecule has 0 bridgehead atoms. The molecule has 2 aromatic rings. The third-order valence-electron chi connectivity index (χ3n) is 2.61. The second-order valence-electron chi connectivity index (χ2n) is 5.69. The molecular weight excluding hydrogens is 323 g/mol. The molecule has 10 heteroatoms. The fourth-order valence-electron chi connectivity index (χ4n) is 1.69. The Morgan fingerprint density at radius 2 is 1.52 bits per heavy atom. The second kappa shape index (κ2) is 5.43. The van der Waals surface area contributed by atoms with Crippen molar-refractivity contribution in [3.05, 3.63) is 30.1 Å². The molecule has 0 fully saturated rings. The van der Waals surface area contributed by atoms with Gasteiger partial charge in [0.1, 0.15) is 11.4 Å². The molecule has 1 aromatic carbocycles. The zero-order valence-electron chi connectivity index (χ0n) is 12.4. The molecular formula is C13H13F5N4O. The molecule has 0 unspecified atom stereocenters. The van der Waals surface area contributed by atoms with Gasteiger partial charge in [-0.2, -0.15) is 26.6 Å². The number of ether oxygens (including phenoxy) is 1. The minimum Gasteiger partial charge on any atom is -0.488 e. The zero-order chi connectivity index (χ0) is 17.5. The number of hydrogen-bond acceptors (Lipinski definition) is 4. The average molecular weight is 336 g/mol. The van der Waals surface area contributed by atoms with Crippen LogP contribution in [0.4, 0.5) is 22.0 Å². The third kappa shape index (κ3) is 3.57. The van der Waals surface area contributed by atoms with Crippen molar-refractivity contribution in [3.63, 3.8) is 0 Å². The van der Waals surface area contributed by atoms with E-state index in [1.807, 2.05) is 20.8 Å². The Morgan fingerprint density at radius 3 is 2.00 bits per heavy atom. The topological polar surface area (TPSA) is 52.8 Å². The van der Waals surface area contributed by atoms with Crippen LogP contribution in [0, 0.1) is 0 Å². The zero-order valence-corrected chi connectivity index (χ0v) is 12.4. The van der Waals surface area contributed by atoms with E-state index in [4.69, 9.17) is 4.74 Å². The number of tetrazole rings is 1. The molecule has 2 rings (SSSR count). The maximum atomic E-state index is 13.4. The summed E-state index contributed by atoms with van der Waals surface area (Å²) in [7, 11) is 0. The quantitative estimate of drug-likeness (QED) is 0.805. The summed E-state index contributed by atoms with van der Waals surface area (Å²) >= 11 is 0. The van der Waals surface area contributed by atoms with Gasteiger partial charge in [0.15, 0.2) is 0 Å². The monoisotopic (exact) mass is 336 g/mol. The van der Waals surface area contributed by atoms with Crippen molar-refractivity contribution in [3.8, 4) is 11.4 Å². The number of nitrogens with zero attached hydrogens (tertiary/aromatic N) is 4. The lowest BCUT2D eigenvalue weighted by atomic mass is 10.2. The van der Waals surface area contributed by atoms with Gasteiger partial charge in [-0.3, -0.25) is 0 Å². The van der Waals surface area contributed by atoms with E-state index in [-0.39, 0.29) is 5.69 Å². The first-order valence-corrected chi connectivity index (χ1v) is 6.45. The van der Waals surface area contributed by atoms with Gasteiger partial charge in [0, 0.05) is 0 Å². The van der Waals surface area contributed by atoms with E-state index in [0.29, 0.717) is 10.4 Å². The van der Waals surface area contributed by atoms with Crippen LogP contribution in [0.1, 0.15) is 26.6 Å². The molecule has 0 amide bonds. The standard InChI is InChI=1S/C13H13F5N4O/c1-11(2,3)23-9-6-4-8(5-7-9)22-10(19-20-21-22)12(14,15)13(16,17)18/h4-7H,1-3H3. The Hall–Kier alpha value is -2.26. The molecule has 0 aliphatic rings. The van der Waals surface area contributed by atoms with Gasteiger partial charge in [-0.05, 0) is 55.5 Å². The van der Waals surface area contributed by atoms with E-state index >= 15 is 0 Å². The SMILES string of the molecule is CC(C)(C)Oc1ccc(-n2nnnc2C(F)(F)C(F)(F)F)cc1. The van der Waals surface area contributed by atoms with Gasteiger partial charge in [-0.15, -0.1) is 5.10 Å². The number of alkyl halides is 5. The highest BCUT2D eigenvalue weighted by molar-refractivity contribution is 5.37. The van der Waals surface area contributed by atoms with Crippen LogP contribution in [0.3, 0.4) is 0 Å². The van der Waals surface area contributed by atoms with Gasteiger partial charge in [-0.25, -0.2) is 0 Å². The van der Waals surface area contributed by atoms with Crippen molar-refractivity contribution in [1.82, 2.24) is 20.2 Å². The van der Waals surface area contributed by atoms with E-state index in [1.54, 1.807) is 0 Å². The van der Waals surface area contributed by atoms with Crippen LogP contribution in [0.5, 0.6) is 5.75 Å². The van der Waals surface area contributed by atoms with Gasteiger partial charge in [0.05, 0.1) is 5.69 Å². The molecule has 0 aliphatic carbocycles. The number of halogens is 5. The number of aromatic nitrogens is 4. The van der Waals surface area contributed by atoms with Crippen LogP contribution in [0.25, 0.3) is 5.69 Å². The van der Waals surface area contributed by atoms with Crippen molar-refractivity contribution in [2.24, 2.45) is 0 Å². The Kier molecular flexibility index (Phi) is 4.03. The first-order chi connectivity index (χ1) is 10.4. The molecule has 1 aromatic heterocycles. The smallest absolute Gasteiger partial charge is 0.461 e. The molecule has 0 N–H and O–H groups in total. The Bertz CT molecular complexity index is 673. The highest BCUT2D eigenvalue weighted by Crippen LogP contribution is 2.43. The van der Waals surface area contributed by atoms with Crippen LogP contribution < -0.4 is 4.74 Å². The molecule has 5 nitrogen and oxygen atoms in total. The first kappa shape index (κ1) is 17.1. The Morgan fingerprint density at radius 1 is 0.957 bits per heavy atom. The van der Waals surface area contributed by atoms with E-state index in [1.165, 1.54) is 24.3 Å². The number of benzene rings is 1. The van der Waals surface area contributed by atoms with Crippen LogP contribution in [-0.2, 0) is 5.92 Å². The molecule has 0 aliphatic heterocycles. The van der Waals surface area contributed by atoms with Gasteiger partial charge >= 0.3 is 12.1 Å². The van der Waals surface area contributed by atoms with Crippen molar-refractivity contribution in [1.29, 1.82) is 0 Å². The third-order valence-corrected chi connectivity index (χ3v) is 2.61. The van der Waals surface area contributed by atoms with Gasteiger partial charge in [0.25, 0.3) is 0 Å². The van der Waals surface area contributed by atoms with Gasteiger partial charge < -0.3 is 4.74 Å². The molecule has 0 saturated carbocycles. The molecule has 23 heavy (non-hydrogen) atoms. The predicted molar refractivity (Wildman–Crippen MR) is 69.5 cm³/mol. The van der Waals surface area contributed by atoms with Crippen LogP contribution in [0.15, 0.2) is 24.3 Å². The normalized spacial score (nSPS) is 13.2. The van der Waals surface area contributed by atoms with E-state index < -0.39 is 23.5 Å². The highest BCUT2D eigenvalue weighted by Gasteiger charge is 2.62. The molecule has 126 valence electrons. The maximum Gasteiger partial charge on any atom is 0.461 e. The lowest BCUT2D eigenvalue weighted by Gasteiger charge is -2.21. The minimum atomic E-state index is -5.80. The molecule has 0 atom stereocenters. The van der Waals surface area contributed by atoms with Crippen LogP contribution in [-0.4, -0.2) is 32.0 Å². The fourth-order valence-corrected chi connectivity index (χ4v) is 1.69. The van der Waals surface area contributed by atoms with Crippen molar-refractivity contribution >= 4 is 0 Å². The lowest BCUT2D eigenvalue weighted by Crippen LogP contribution is -2.36. The molecule has 0 saturated heterocycles. The summed E-state index contributed by atoms with van der Waals surface area (Å²) < 4.78 is 70.1. The summed E-state index contributed by atoms with van der Waals surface area (Å²) in [5, 5.41) is 8.93. The van der Waals surface area contributed by atoms with E-state index in [0.717, 1.165) is 0 Å². The van der Waals surface area contributed by atoms with Crippen molar-refractivity contribution in [2.75, 3.05) is 0 Å². The van der Waals surface area contributed by atoms with Crippen molar-refractivity contribution in [2.45, 2.75) is 38.5 Å². The Labute approximate surface area is 128 Å². The molecule has 1 heterocycles. The van der Waals surface area contributed by atoms with Crippen LogP contribution >= 0.6 is 0 Å². The van der Waals surface area contributed by atoms with Crippen molar-refractivity contribution < 1.29 is 26.7 Å². The largest absolute Gasteiger partial charge is 0.488 e. The summed E-state index contributed by atoms with van der Waals surface area (Å²) in [6.45, 7) is 5.43. The van der Waals surface area contributed by atoms with E-state index in [2.05, 4.69) is 15.5 Å². The first-order valence-electron chi connectivity index (χ1n) is 6.45. The highest BCUT2D eigenvalue weighted by atomic mass is 19.4. The molecule has 0 radical (unpaired) electrons. The summed E-state index contributed by atoms with van der Waals surface area (Å²) in [4.78, 5) is 0. The summed E-state index contributed by atoms with van der Waals surface area (Å²) in [6, 6.07) is 5.43. The number of rotatable bonds is 3. The summed E-state index contributed by atoms with van der Waals surface area (Å²) in [5.41, 5.74) is -0.527. The average Bonchev–Trinajstić information content (AvgIpc) is 2.86. The van der Waals surface area contributed by atoms with Gasteiger partial charge in [-0.1, -0.05) is 0 Å². The van der Waals surface area contributed by atoms with Crippen LogP contribution in [0.2, 0.25) is 0 Å². The number of hydrogen-bond donors (Lipinski definition) is 0. The fraction of sp³-hybridized carbons (Fsp3) is 0.462. The predicted octanol–water partition coefficient (Wildman–Crippen LogP) is 3.49. The summed E-state index contributed by atoms with van der Waals surface area (Å²) in [6.07, 6.45) is -5.80. The summed E-state index contributed by atoms with van der Waals surface area (Å²) in [5.74, 6) is -6.34. The van der Waals surface area contributed by atoms with E-state index in [9.17, 15) is 22.0 Å². The van der Waals surface area contributed by atoms with Gasteiger partial charge in [0.2, 0.25) is 5.82 Å². The Balaban J connectivity index is 2.36. The lowest BCUT2D eigenvalue weighted by molar-refractivity contribution is -0.293.